The fraction of sp³-hybridized carbons (Fsp3) is 0.444. The van der Waals surface area contributed by atoms with Gasteiger partial charge in [0.25, 0.3) is 0 Å². The van der Waals surface area contributed by atoms with Crippen LogP contribution in [0.2, 0.25) is 0 Å². The van der Waals surface area contributed by atoms with E-state index in [2.05, 4.69) is 4.98 Å². The van der Waals surface area contributed by atoms with Crippen molar-refractivity contribution in [3.63, 3.8) is 0 Å². The first-order valence-electron chi connectivity index (χ1n) is 4.46. The molecule has 0 unspecified atom stereocenters. The zero-order valence-corrected chi connectivity index (χ0v) is 7.79. The van der Waals surface area contributed by atoms with Crippen LogP contribution in [0, 0.1) is 0 Å². The number of rotatable bonds is 1. The summed E-state index contributed by atoms with van der Waals surface area (Å²) in [5.41, 5.74) is -0.0702. The smallest absolute Gasteiger partial charge is 0.377 e. The standard InChI is InChI=1S/C9H9F3N2O/c10-9(11,12)8-5-14(6-13-8)7-1-3-15-4-2-7/h1,5-6H,2-4H2. The first-order valence-corrected chi connectivity index (χ1v) is 4.46. The lowest BCUT2D eigenvalue weighted by atomic mass is 10.2. The van der Waals surface area contributed by atoms with Gasteiger partial charge in [-0.05, 0) is 6.08 Å². The van der Waals surface area contributed by atoms with Crippen LogP contribution in [0.25, 0.3) is 5.70 Å². The molecule has 3 nitrogen and oxygen atoms in total. The van der Waals surface area contributed by atoms with Crippen molar-refractivity contribution in [1.29, 1.82) is 0 Å². The molecule has 0 amide bonds. The maximum Gasteiger partial charge on any atom is 0.434 e. The quantitative estimate of drug-likeness (QED) is 0.722. The maximum absolute atomic E-state index is 12.2. The second kappa shape index (κ2) is 3.69. The van der Waals surface area contributed by atoms with Gasteiger partial charge in [-0.2, -0.15) is 13.2 Å². The third-order valence-electron chi connectivity index (χ3n) is 2.14. The minimum atomic E-state index is -4.38. The second-order valence-electron chi connectivity index (χ2n) is 3.18. The van der Waals surface area contributed by atoms with Gasteiger partial charge in [-0.3, -0.25) is 0 Å². The van der Waals surface area contributed by atoms with Crippen molar-refractivity contribution in [3.8, 4) is 0 Å². The molecule has 0 bridgehead atoms. The molecule has 2 rings (SSSR count). The van der Waals surface area contributed by atoms with E-state index in [1.807, 2.05) is 0 Å². The highest BCUT2D eigenvalue weighted by molar-refractivity contribution is 5.46. The van der Waals surface area contributed by atoms with E-state index in [-0.39, 0.29) is 0 Å². The molecule has 82 valence electrons. The first-order chi connectivity index (χ1) is 7.07. The van der Waals surface area contributed by atoms with Crippen LogP contribution in [0.3, 0.4) is 0 Å². The zero-order valence-electron chi connectivity index (χ0n) is 7.79. The van der Waals surface area contributed by atoms with Crippen LogP contribution in [0.15, 0.2) is 18.6 Å². The van der Waals surface area contributed by atoms with Crippen LogP contribution in [0.4, 0.5) is 13.2 Å². The molecular weight excluding hydrogens is 209 g/mol. The molecule has 0 spiro atoms. The predicted octanol–water partition coefficient (Wildman–Crippen LogP) is 2.16. The summed E-state index contributed by atoms with van der Waals surface area (Å²) < 4.78 is 43.2. The molecule has 1 aromatic heterocycles. The highest BCUT2D eigenvalue weighted by Crippen LogP contribution is 2.28. The van der Waals surface area contributed by atoms with Crippen molar-refractivity contribution >= 4 is 5.70 Å². The van der Waals surface area contributed by atoms with Crippen molar-refractivity contribution in [2.75, 3.05) is 13.2 Å². The Kier molecular flexibility index (Phi) is 2.52. The van der Waals surface area contributed by atoms with E-state index in [9.17, 15) is 13.2 Å². The second-order valence-corrected chi connectivity index (χ2v) is 3.18. The molecular formula is C9H9F3N2O. The van der Waals surface area contributed by atoms with Gasteiger partial charge >= 0.3 is 6.18 Å². The molecule has 0 atom stereocenters. The summed E-state index contributed by atoms with van der Waals surface area (Å²) in [5.74, 6) is 0. The summed E-state index contributed by atoms with van der Waals surface area (Å²) in [5, 5.41) is 0. The SMILES string of the molecule is FC(F)(F)c1cn(C2=CCOCC2)cn1. The van der Waals surface area contributed by atoms with Crippen LogP contribution in [-0.4, -0.2) is 22.8 Å². The van der Waals surface area contributed by atoms with Gasteiger partial charge < -0.3 is 9.30 Å². The van der Waals surface area contributed by atoms with Crippen LogP contribution < -0.4 is 0 Å². The van der Waals surface area contributed by atoms with E-state index in [1.54, 1.807) is 6.08 Å². The number of hydrogen-bond donors (Lipinski definition) is 0. The van der Waals surface area contributed by atoms with E-state index in [0.717, 1.165) is 11.9 Å². The van der Waals surface area contributed by atoms with Gasteiger partial charge in [-0.1, -0.05) is 0 Å². The molecule has 0 aromatic carbocycles. The number of halogens is 3. The summed E-state index contributed by atoms with van der Waals surface area (Å²) in [6, 6.07) is 0. The average molecular weight is 218 g/mol. The Morgan fingerprint density at radius 2 is 2.20 bits per heavy atom. The molecule has 0 saturated heterocycles. The fourth-order valence-corrected chi connectivity index (χ4v) is 1.38. The molecule has 0 fully saturated rings. The van der Waals surface area contributed by atoms with E-state index in [1.165, 1.54) is 10.9 Å². The van der Waals surface area contributed by atoms with Gasteiger partial charge in [0.2, 0.25) is 0 Å². The Morgan fingerprint density at radius 1 is 1.40 bits per heavy atom. The summed E-state index contributed by atoms with van der Waals surface area (Å²) in [6.07, 6.45) is 0.160. The Morgan fingerprint density at radius 3 is 2.73 bits per heavy atom. The van der Waals surface area contributed by atoms with Gasteiger partial charge in [0, 0.05) is 18.3 Å². The number of alkyl halides is 3. The number of ether oxygens (including phenoxy) is 1. The Bertz CT molecular complexity index is 381. The molecule has 1 aliphatic heterocycles. The van der Waals surface area contributed by atoms with Crippen LogP contribution >= 0.6 is 0 Å². The van der Waals surface area contributed by atoms with Gasteiger partial charge in [-0.15, -0.1) is 0 Å². The van der Waals surface area contributed by atoms with Gasteiger partial charge in [0.15, 0.2) is 5.69 Å². The monoisotopic (exact) mass is 218 g/mol. The highest BCUT2D eigenvalue weighted by atomic mass is 19.4. The van der Waals surface area contributed by atoms with Gasteiger partial charge in [0.05, 0.1) is 19.5 Å². The summed E-state index contributed by atoms with van der Waals surface area (Å²) >= 11 is 0. The summed E-state index contributed by atoms with van der Waals surface area (Å²) in [7, 11) is 0. The van der Waals surface area contributed by atoms with Crippen molar-refractivity contribution in [1.82, 2.24) is 9.55 Å². The lowest BCUT2D eigenvalue weighted by molar-refractivity contribution is -0.140. The number of nitrogens with zero attached hydrogens (tertiary/aromatic N) is 2. The lowest BCUT2D eigenvalue weighted by Crippen LogP contribution is -2.08. The summed E-state index contributed by atoms with van der Waals surface area (Å²) in [6.45, 7) is 0.972. The van der Waals surface area contributed by atoms with Crippen LogP contribution in [0.1, 0.15) is 12.1 Å². The average Bonchev–Trinajstić information content (AvgIpc) is 2.67. The van der Waals surface area contributed by atoms with Gasteiger partial charge in [-0.25, -0.2) is 4.98 Å². The van der Waals surface area contributed by atoms with E-state index < -0.39 is 11.9 Å². The van der Waals surface area contributed by atoms with E-state index in [0.29, 0.717) is 19.6 Å². The van der Waals surface area contributed by atoms with E-state index in [4.69, 9.17) is 4.74 Å². The minimum absolute atomic E-state index is 0.439. The molecule has 0 N–H and O–H groups in total. The molecule has 0 radical (unpaired) electrons. The van der Waals surface area contributed by atoms with Crippen LogP contribution in [-0.2, 0) is 10.9 Å². The normalized spacial score (nSPS) is 17.7. The molecule has 0 saturated carbocycles. The molecule has 6 heteroatoms. The molecule has 15 heavy (non-hydrogen) atoms. The fourth-order valence-electron chi connectivity index (χ4n) is 1.38. The lowest BCUT2D eigenvalue weighted by Gasteiger charge is -2.13. The first kappa shape index (κ1) is 10.2. The topological polar surface area (TPSA) is 27.1 Å². The summed E-state index contributed by atoms with van der Waals surface area (Å²) in [4.78, 5) is 3.32. The van der Waals surface area contributed by atoms with Crippen LogP contribution in [0.5, 0.6) is 0 Å². The number of hydrogen-bond acceptors (Lipinski definition) is 2. The predicted molar refractivity (Wildman–Crippen MR) is 46.9 cm³/mol. The van der Waals surface area contributed by atoms with E-state index >= 15 is 0 Å². The zero-order chi connectivity index (χ0) is 10.9. The Balaban J connectivity index is 2.23. The third kappa shape index (κ3) is 2.20. The molecule has 2 heterocycles. The Hall–Kier alpha value is -1.30. The Labute approximate surface area is 84.2 Å². The van der Waals surface area contributed by atoms with Crippen molar-refractivity contribution in [2.45, 2.75) is 12.6 Å². The molecule has 1 aromatic rings. The number of imidazole rings is 1. The third-order valence-corrected chi connectivity index (χ3v) is 2.14. The largest absolute Gasteiger partial charge is 0.434 e. The van der Waals surface area contributed by atoms with Crippen molar-refractivity contribution < 1.29 is 17.9 Å². The van der Waals surface area contributed by atoms with Crippen molar-refractivity contribution in [2.24, 2.45) is 0 Å². The maximum atomic E-state index is 12.2. The molecule has 1 aliphatic rings. The van der Waals surface area contributed by atoms with Gasteiger partial charge in [0.1, 0.15) is 0 Å². The molecule has 0 aliphatic carbocycles. The highest BCUT2D eigenvalue weighted by Gasteiger charge is 2.33. The minimum Gasteiger partial charge on any atom is -0.377 e. The number of aromatic nitrogens is 2. The van der Waals surface area contributed by atoms with Crippen molar-refractivity contribution in [3.05, 3.63) is 24.3 Å².